The highest BCUT2D eigenvalue weighted by molar-refractivity contribution is 5.79. The molecule has 0 spiro atoms. The van der Waals surface area contributed by atoms with Crippen LogP contribution in [-0.2, 0) is 11.3 Å². The van der Waals surface area contributed by atoms with Crippen molar-refractivity contribution < 1.29 is 4.79 Å². The standard InChI is InChI=1S/C17H26N4O/c18-15-5-3-4-14(12-15)17(22)21-10-8-20(9-11-21)13-16-6-1-2-7-19-16/h1-2,6-7,14-15H,3-5,8-13,18H2/t14-,15+/m0/s1. The normalized spacial score (nSPS) is 26.9. The van der Waals surface area contributed by atoms with Crippen molar-refractivity contribution in [2.45, 2.75) is 38.3 Å². The Balaban J connectivity index is 1.48. The second kappa shape index (κ2) is 7.20. The average molecular weight is 302 g/mol. The third-order valence-electron chi connectivity index (χ3n) is 4.86. The number of pyridine rings is 1. The second-order valence-corrected chi connectivity index (χ2v) is 6.55. The van der Waals surface area contributed by atoms with Gasteiger partial charge in [0.15, 0.2) is 0 Å². The van der Waals surface area contributed by atoms with Crippen LogP contribution in [0.25, 0.3) is 0 Å². The summed E-state index contributed by atoms with van der Waals surface area (Å²) in [7, 11) is 0. The predicted molar refractivity (Wildman–Crippen MR) is 86.0 cm³/mol. The van der Waals surface area contributed by atoms with Gasteiger partial charge in [-0.05, 0) is 31.4 Å². The second-order valence-electron chi connectivity index (χ2n) is 6.55. The number of aromatic nitrogens is 1. The van der Waals surface area contributed by atoms with Gasteiger partial charge in [0, 0.05) is 50.9 Å². The monoisotopic (exact) mass is 302 g/mol. The van der Waals surface area contributed by atoms with Gasteiger partial charge in [-0.1, -0.05) is 12.5 Å². The minimum Gasteiger partial charge on any atom is -0.340 e. The number of hydrogen-bond acceptors (Lipinski definition) is 4. The van der Waals surface area contributed by atoms with Crippen LogP contribution in [0.1, 0.15) is 31.4 Å². The fraction of sp³-hybridized carbons (Fsp3) is 0.647. The van der Waals surface area contributed by atoms with Crippen LogP contribution in [0.3, 0.4) is 0 Å². The molecule has 5 nitrogen and oxygen atoms in total. The maximum absolute atomic E-state index is 12.6. The van der Waals surface area contributed by atoms with E-state index in [1.165, 1.54) is 0 Å². The molecule has 1 aliphatic carbocycles. The number of nitrogens with zero attached hydrogens (tertiary/aromatic N) is 3. The summed E-state index contributed by atoms with van der Waals surface area (Å²) in [5, 5.41) is 0. The minimum absolute atomic E-state index is 0.158. The zero-order valence-corrected chi connectivity index (χ0v) is 13.2. The fourth-order valence-corrected chi connectivity index (χ4v) is 3.56. The fourth-order valence-electron chi connectivity index (χ4n) is 3.56. The Morgan fingerprint density at radius 2 is 2.05 bits per heavy atom. The molecule has 0 unspecified atom stereocenters. The van der Waals surface area contributed by atoms with Crippen LogP contribution in [0.15, 0.2) is 24.4 Å². The summed E-state index contributed by atoms with van der Waals surface area (Å²) in [4.78, 5) is 21.4. The van der Waals surface area contributed by atoms with Gasteiger partial charge in [-0.15, -0.1) is 0 Å². The molecule has 2 fully saturated rings. The lowest BCUT2D eigenvalue weighted by Gasteiger charge is -2.37. The van der Waals surface area contributed by atoms with Gasteiger partial charge in [-0.2, -0.15) is 0 Å². The van der Waals surface area contributed by atoms with Gasteiger partial charge < -0.3 is 10.6 Å². The van der Waals surface area contributed by atoms with E-state index in [-0.39, 0.29) is 12.0 Å². The summed E-state index contributed by atoms with van der Waals surface area (Å²) >= 11 is 0. The smallest absolute Gasteiger partial charge is 0.225 e. The summed E-state index contributed by atoms with van der Waals surface area (Å²) in [5.74, 6) is 0.485. The molecule has 22 heavy (non-hydrogen) atoms. The van der Waals surface area contributed by atoms with Crippen molar-refractivity contribution >= 4 is 5.91 Å². The Morgan fingerprint density at radius 1 is 1.23 bits per heavy atom. The molecule has 0 radical (unpaired) electrons. The molecule has 1 aromatic heterocycles. The van der Waals surface area contributed by atoms with Crippen molar-refractivity contribution in [3.05, 3.63) is 30.1 Å². The number of carbonyl (C=O) groups is 1. The van der Waals surface area contributed by atoms with E-state index < -0.39 is 0 Å². The molecular weight excluding hydrogens is 276 g/mol. The van der Waals surface area contributed by atoms with Gasteiger partial charge in [0.25, 0.3) is 0 Å². The molecule has 2 N–H and O–H groups in total. The van der Waals surface area contributed by atoms with Crippen LogP contribution >= 0.6 is 0 Å². The van der Waals surface area contributed by atoms with Gasteiger partial charge in [-0.3, -0.25) is 14.7 Å². The first-order valence-corrected chi connectivity index (χ1v) is 8.39. The van der Waals surface area contributed by atoms with E-state index >= 15 is 0 Å². The summed E-state index contributed by atoms with van der Waals surface area (Å²) in [5.41, 5.74) is 7.11. The van der Waals surface area contributed by atoms with Crippen LogP contribution in [0.2, 0.25) is 0 Å². The quantitative estimate of drug-likeness (QED) is 0.912. The summed E-state index contributed by atoms with van der Waals surface area (Å²) in [6.07, 6.45) is 5.88. The molecule has 120 valence electrons. The van der Waals surface area contributed by atoms with Gasteiger partial charge in [-0.25, -0.2) is 0 Å². The number of rotatable bonds is 3. The Labute approximate surface area is 132 Å². The number of nitrogens with two attached hydrogens (primary N) is 1. The van der Waals surface area contributed by atoms with Gasteiger partial charge in [0.1, 0.15) is 0 Å². The predicted octanol–water partition coefficient (Wildman–Crippen LogP) is 1.24. The summed E-state index contributed by atoms with van der Waals surface area (Å²) in [6.45, 7) is 4.40. The zero-order chi connectivity index (χ0) is 15.4. The van der Waals surface area contributed by atoms with E-state index in [9.17, 15) is 4.79 Å². The molecule has 3 rings (SSSR count). The van der Waals surface area contributed by atoms with Crippen molar-refractivity contribution in [1.29, 1.82) is 0 Å². The van der Waals surface area contributed by atoms with Crippen molar-refractivity contribution in [2.75, 3.05) is 26.2 Å². The minimum atomic E-state index is 0.158. The van der Waals surface area contributed by atoms with Crippen LogP contribution in [0.4, 0.5) is 0 Å². The number of amides is 1. The third-order valence-corrected chi connectivity index (χ3v) is 4.86. The largest absolute Gasteiger partial charge is 0.340 e. The lowest BCUT2D eigenvalue weighted by atomic mass is 9.85. The molecular formula is C17H26N4O. The zero-order valence-electron chi connectivity index (χ0n) is 13.2. The van der Waals surface area contributed by atoms with E-state index in [1.54, 1.807) is 0 Å². The van der Waals surface area contributed by atoms with Crippen LogP contribution in [0.5, 0.6) is 0 Å². The van der Waals surface area contributed by atoms with Gasteiger partial charge >= 0.3 is 0 Å². The molecule has 1 amide bonds. The van der Waals surface area contributed by atoms with Crippen molar-refractivity contribution in [2.24, 2.45) is 11.7 Å². The van der Waals surface area contributed by atoms with E-state index in [1.807, 2.05) is 23.2 Å². The third kappa shape index (κ3) is 3.84. The Morgan fingerprint density at radius 3 is 2.73 bits per heavy atom. The first-order valence-electron chi connectivity index (χ1n) is 8.39. The van der Waals surface area contributed by atoms with E-state index in [0.29, 0.717) is 5.91 Å². The molecule has 1 aromatic rings. The van der Waals surface area contributed by atoms with Crippen LogP contribution < -0.4 is 5.73 Å². The van der Waals surface area contributed by atoms with Gasteiger partial charge in [0.2, 0.25) is 5.91 Å². The van der Waals surface area contributed by atoms with Crippen LogP contribution in [0, 0.1) is 5.92 Å². The first kappa shape index (κ1) is 15.4. The number of carbonyl (C=O) groups excluding carboxylic acids is 1. The van der Waals surface area contributed by atoms with Crippen molar-refractivity contribution in [1.82, 2.24) is 14.8 Å². The van der Waals surface area contributed by atoms with E-state index in [4.69, 9.17) is 5.73 Å². The Hall–Kier alpha value is -1.46. The lowest BCUT2D eigenvalue weighted by molar-refractivity contribution is -0.138. The van der Waals surface area contributed by atoms with E-state index in [0.717, 1.165) is 64.1 Å². The molecule has 0 bridgehead atoms. The molecule has 1 aliphatic heterocycles. The molecule has 2 heterocycles. The maximum atomic E-state index is 12.6. The van der Waals surface area contributed by atoms with Crippen LogP contribution in [-0.4, -0.2) is 52.9 Å². The first-order chi connectivity index (χ1) is 10.7. The lowest BCUT2D eigenvalue weighted by Crippen LogP contribution is -2.51. The Kier molecular flexibility index (Phi) is 5.05. The SMILES string of the molecule is N[C@@H]1CCC[C@H](C(=O)N2CCN(Cc3ccccn3)CC2)C1. The summed E-state index contributed by atoms with van der Waals surface area (Å²) < 4.78 is 0. The highest BCUT2D eigenvalue weighted by Crippen LogP contribution is 2.25. The average Bonchev–Trinajstić information content (AvgIpc) is 2.56. The highest BCUT2D eigenvalue weighted by Gasteiger charge is 2.30. The molecule has 1 saturated carbocycles. The number of hydrogen-bond donors (Lipinski definition) is 1. The van der Waals surface area contributed by atoms with Crippen molar-refractivity contribution in [3.63, 3.8) is 0 Å². The topological polar surface area (TPSA) is 62.5 Å². The van der Waals surface area contributed by atoms with Gasteiger partial charge in [0.05, 0.1) is 5.69 Å². The molecule has 2 atom stereocenters. The highest BCUT2D eigenvalue weighted by atomic mass is 16.2. The Bertz CT molecular complexity index is 485. The molecule has 1 saturated heterocycles. The summed E-state index contributed by atoms with van der Waals surface area (Å²) in [6, 6.07) is 6.23. The molecule has 0 aromatic carbocycles. The van der Waals surface area contributed by atoms with E-state index in [2.05, 4.69) is 16.0 Å². The van der Waals surface area contributed by atoms with Crippen molar-refractivity contribution in [3.8, 4) is 0 Å². The maximum Gasteiger partial charge on any atom is 0.225 e. The molecule has 2 aliphatic rings. The molecule has 5 heteroatoms. The number of piperazine rings is 1.